The van der Waals surface area contributed by atoms with Crippen molar-refractivity contribution in [3.8, 4) is 0 Å². The number of aromatic nitrogens is 1. The highest BCUT2D eigenvalue weighted by molar-refractivity contribution is 7.17. The molecule has 4 rings (SSSR count). The Morgan fingerprint density at radius 2 is 1.76 bits per heavy atom. The van der Waals surface area contributed by atoms with E-state index in [0.29, 0.717) is 9.90 Å². The van der Waals surface area contributed by atoms with Crippen molar-refractivity contribution in [3.63, 3.8) is 0 Å². The molecule has 1 aliphatic heterocycles. The topological polar surface area (TPSA) is 48.5 Å². The van der Waals surface area contributed by atoms with Gasteiger partial charge in [0.25, 0.3) is 5.91 Å². The summed E-state index contributed by atoms with van der Waals surface area (Å²) in [5, 5.41) is 4.60. The number of halogens is 1. The average Bonchev–Trinajstić information content (AvgIpc) is 3.25. The number of unbranched alkanes of at least 4 members (excludes halogenated alkanes) is 1. The van der Waals surface area contributed by atoms with E-state index in [1.54, 1.807) is 12.1 Å². The van der Waals surface area contributed by atoms with Gasteiger partial charge in [0.2, 0.25) is 0 Å². The fourth-order valence-corrected chi connectivity index (χ4v) is 5.29. The highest BCUT2D eigenvalue weighted by Crippen LogP contribution is 2.31. The van der Waals surface area contributed by atoms with Gasteiger partial charge in [0.05, 0.1) is 5.69 Å². The smallest absolute Gasteiger partial charge is 0.267 e. The molecule has 3 aromatic rings. The third-order valence-electron chi connectivity index (χ3n) is 6.23. The lowest BCUT2D eigenvalue weighted by Gasteiger charge is -2.37. The Hall–Kier alpha value is -2.57. The standard InChI is InChI=1S/C26H31ClN4OS/c1-4-5-8-22-24(25(32)28-21-12-10-20(27)11-13-21)33-26(29-22)31-16-14-30(15-17-31)23-9-6-7-18(2)19(23)3/h6-7,9-13H,4-5,8,14-17H2,1-3H3,(H,28,32). The molecule has 0 aliphatic carbocycles. The molecule has 1 fully saturated rings. The highest BCUT2D eigenvalue weighted by atomic mass is 35.5. The SMILES string of the molecule is CCCCc1nc(N2CCN(c3cccc(C)c3C)CC2)sc1C(=O)Nc1ccc(Cl)cc1. The van der Waals surface area contributed by atoms with Crippen molar-refractivity contribution in [2.45, 2.75) is 40.0 Å². The lowest BCUT2D eigenvalue weighted by molar-refractivity contribution is 0.102. The van der Waals surface area contributed by atoms with Gasteiger partial charge >= 0.3 is 0 Å². The lowest BCUT2D eigenvalue weighted by atomic mass is 10.1. The summed E-state index contributed by atoms with van der Waals surface area (Å²) >= 11 is 7.48. The van der Waals surface area contributed by atoms with Crippen molar-refractivity contribution in [2.24, 2.45) is 0 Å². The van der Waals surface area contributed by atoms with E-state index in [9.17, 15) is 4.79 Å². The van der Waals surface area contributed by atoms with Gasteiger partial charge < -0.3 is 15.1 Å². The number of carbonyl (C=O) groups is 1. The minimum atomic E-state index is -0.0961. The van der Waals surface area contributed by atoms with Crippen molar-refractivity contribution in [1.29, 1.82) is 0 Å². The van der Waals surface area contributed by atoms with Crippen molar-refractivity contribution < 1.29 is 4.79 Å². The fourth-order valence-electron chi connectivity index (χ4n) is 4.10. The molecule has 0 spiro atoms. The quantitative estimate of drug-likeness (QED) is 0.427. The van der Waals surface area contributed by atoms with Gasteiger partial charge in [0.1, 0.15) is 4.88 Å². The number of nitrogens with zero attached hydrogens (tertiary/aromatic N) is 3. The Bertz CT molecular complexity index is 1100. The molecule has 0 radical (unpaired) electrons. The normalized spacial score (nSPS) is 13.9. The molecular formula is C26H31ClN4OS. The van der Waals surface area contributed by atoms with E-state index in [1.165, 1.54) is 28.2 Å². The van der Waals surface area contributed by atoms with E-state index in [4.69, 9.17) is 16.6 Å². The number of thiazole rings is 1. The van der Waals surface area contributed by atoms with E-state index in [0.717, 1.165) is 62.0 Å². The van der Waals surface area contributed by atoms with Crippen molar-refractivity contribution in [3.05, 3.63) is 69.2 Å². The maximum absolute atomic E-state index is 13.1. The van der Waals surface area contributed by atoms with Crippen LogP contribution in [0.2, 0.25) is 5.02 Å². The van der Waals surface area contributed by atoms with Crippen LogP contribution < -0.4 is 15.1 Å². The first-order valence-electron chi connectivity index (χ1n) is 11.6. The summed E-state index contributed by atoms with van der Waals surface area (Å²) in [4.78, 5) is 23.5. The molecule has 1 aromatic heterocycles. The molecule has 1 saturated heterocycles. The molecule has 2 heterocycles. The molecule has 5 nitrogen and oxygen atoms in total. The van der Waals surface area contributed by atoms with Crippen LogP contribution in [0.3, 0.4) is 0 Å². The zero-order valence-corrected chi connectivity index (χ0v) is 21.1. The average molecular weight is 483 g/mol. The number of aryl methyl sites for hydroxylation is 2. The number of hydrogen-bond donors (Lipinski definition) is 1. The third kappa shape index (κ3) is 5.50. The van der Waals surface area contributed by atoms with Crippen LogP contribution in [-0.2, 0) is 6.42 Å². The van der Waals surface area contributed by atoms with E-state index >= 15 is 0 Å². The summed E-state index contributed by atoms with van der Waals surface area (Å²) < 4.78 is 0. The molecule has 2 aromatic carbocycles. The minimum Gasteiger partial charge on any atom is -0.368 e. The van der Waals surface area contributed by atoms with Crippen LogP contribution in [0, 0.1) is 13.8 Å². The van der Waals surface area contributed by atoms with Crippen molar-refractivity contribution in [2.75, 3.05) is 41.3 Å². The van der Waals surface area contributed by atoms with Gasteiger partial charge in [-0.25, -0.2) is 4.98 Å². The van der Waals surface area contributed by atoms with Gasteiger partial charge in [-0.3, -0.25) is 4.79 Å². The number of nitrogens with one attached hydrogen (secondary N) is 1. The van der Waals surface area contributed by atoms with E-state index < -0.39 is 0 Å². The summed E-state index contributed by atoms with van der Waals surface area (Å²) in [6, 6.07) is 13.7. The monoisotopic (exact) mass is 482 g/mol. The Kier molecular flexibility index (Phi) is 7.56. The van der Waals surface area contributed by atoms with Gasteiger partial charge in [-0.1, -0.05) is 48.4 Å². The van der Waals surface area contributed by atoms with Crippen LogP contribution in [0.15, 0.2) is 42.5 Å². The van der Waals surface area contributed by atoms with Crippen LogP contribution in [0.1, 0.15) is 46.3 Å². The Balaban J connectivity index is 1.49. The van der Waals surface area contributed by atoms with E-state index in [1.807, 2.05) is 12.1 Å². The molecular weight excluding hydrogens is 452 g/mol. The molecule has 1 amide bonds. The Morgan fingerprint density at radius 3 is 2.45 bits per heavy atom. The molecule has 1 N–H and O–H groups in total. The highest BCUT2D eigenvalue weighted by Gasteiger charge is 2.25. The Morgan fingerprint density at radius 1 is 1.06 bits per heavy atom. The van der Waals surface area contributed by atoms with Gasteiger partial charge in [0, 0.05) is 42.6 Å². The minimum absolute atomic E-state index is 0.0961. The van der Waals surface area contributed by atoms with E-state index in [-0.39, 0.29) is 5.91 Å². The van der Waals surface area contributed by atoms with Crippen LogP contribution in [0.25, 0.3) is 0 Å². The summed E-state index contributed by atoms with van der Waals surface area (Å²) in [5.41, 5.74) is 5.64. The van der Waals surface area contributed by atoms with Gasteiger partial charge in [-0.05, 0) is 68.1 Å². The summed E-state index contributed by atoms with van der Waals surface area (Å²) in [5.74, 6) is -0.0961. The summed E-state index contributed by atoms with van der Waals surface area (Å²) in [6.45, 7) is 10.2. The van der Waals surface area contributed by atoms with Crippen molar-refractivity contribution in [1.82, 2.24) is 4.98 Å². The van der Waals surface area contributed by atoms with Crippen LogP contribution in [0.5, 0.6) is 0 Å². The van der Waals surface area contributed by atoms with Crippen LogP contribution >= 0.6 is 22.9 Å². The zero-order chi connectivity index (χ0) is 23.4. The second kappa shape index (κ2) is 10.6. The number of carbonyl (C=O) groups excluding carboxylic acids is 1. The Labute approximate surface area is 205 Å². The van der Waals surface area contributed by atoms with Crippen LogP contribution in [-0.4, -0.2) is 37.1 Å². The summed E-state index contributed by atoms with van der Waals surface area (Å²) in [7, 11) is 0. The number of hydrogen-bond acceptors (Lipinski definition) is 5. The molecule has 0 atom stereocenters. The summed E-state index contributed by atoms with van der Waals surface area (Å²) in [6.07, 6.45) is 2.91. The molecule has 33 heavy (non-hydrogen) atoms. The largest absolute Gasteiger partial charge is 0.368 e. The van der Waals surface area contributed by atoms with Crippen molar-refractivity contribution >= 4 is 45.4 Å². The molecule has 1 aliphatic rings. The maximum Gasteiger partial charge on any atom is 0.267 e. The third-order valence-corrected chi connectivity index (χ3v) is 7.64. The predicted octanol–water partition coefficient (Wildman–Crippen LogP) is 6.33. The number of amides is 1. The van der Waals surface area contributed by atoms with Crippen LogP contribution in [0.4, 0.5) is 16.5 Å². The number of piperazine rings is 1. The predicted molar refractivity (Wildman–Crippen MR) is 140 cm³/mol. The molecule has 7 heteroatoms. The maximum atomic E-state index is 13.1. The second-order valence-electron chi connectivity index (χ2n) is 8.53. The number of anilines is 3. The lowest BCUT2D eigenvalue weighted by Crippen LogP contribution is -2.46. The molecule has 0 unspecified atom stereocenters. The van der Waals surface area contributed by atoms with Gasteiger partial charge in [-0.15, -0.1) is 0 Å². The van der Waals surface area contributed by atoms with E-state index in [2.05, 4.69) is 54.1 Å². The second-order valence-corrected chi connectivity index (χ2v) is 9.94. The molecule has 0 saturated carbocycles. The van der Waals surface area contributed by atoms with Gasteiger partial charge in [-0.2, -0.15) is 0 Å². The first-order chi connectivity index (χ1) is 16.0. The van der Waals surface area contributed by atoms with Gasteiger partial charge in [0.15, 0.2) is 5.13 Å². The molecule has 174 valence electrons. The first-order valence-corrected chi connectivity index (χ1v) is 12.8. The fraction of sp³-hybridized carbons (Fsp3) is 0.385. The number of benzene rings is 2. The number of rotatable bonds is 7. The zero-order valence-electron chi connectivity index (χ0n) is 19.5. The first kappa shape index (κ1) is 23.6. The molecule has 0 bridgehead atoms.